The highest BCUT2D eigenvalue weighted by Crippen LogP contribution is 2.37. The second-order valence-electron chi connectivity index (χ2n) is 8.53. The van der Waals surface area contributed by atoms with Gasteiger partial charge in [0, 0.05) is 23.6 Å². The van der Waals surface area contributed by atoms with E-state index in [0.29, 0.717) is 17.4 Å². The molecule has 0 amide bonds. The van der Waals surface area contributed by atoms with Crippen LogP contribution in [0.2, 0.25) is 0 Å². The minimum atomic E-state index is 0.395. The van der Waals surface area contributed by atoms with Gasteiger partial charge in [-0.3, -0.25) is 4.98 Å². The molecule has 0 saturated heterocycles. The molecule has 1 aromatic heterocycles. The van der Waals surface area contributed by atoms with Gasteiger partial charge in [0.05, 0.1) is 29.0 Å². The molecule has 0 aliphatic heterocycles. The van der Waals surface area contributed by atoms with Crippen LogP contribution in [0.5, 0.6) is 5.75 Å². The van der Waals surface area contributed by atoms with E-state index in [-0.39, 0.29) is 0 Å². The van der Waals surface area contributed by atoms with E-state index in [1.165, 1.54) is 64.2 Å². The molecule has 4 nitrogen and oxygen atoms in total. The number of nitrogens with two attached hydrogens (primary N) is 1. The lowest BCUT2D eigenvalue weighted by atomic mass is 9.93. The quantitative estimate of drug-likeness (QED) is 0.166. The van der Waals surface area contributed by atoms with E-state index in [1.54, 1.807) is 13.3 Å². The monoisotopic (exact) mass is 443 g/mol. The third kappa shape index (κ3) is 7.95. The summed E-state index contributed by atoms with van der Waals surface area (Å²) in [5, 5.41) is 4.49. The molecule has 0 saturated carbocycles. The summed E-state index contributed by atoms with van der Waals surface area (Å²) in [5.74, 6) is 1.11. The molecule has 2 rings (SSSR count). The number of nitrogens with zero attached hydrogens (tertiary/aromatic N) is 1. The minimum absolute atomic E-state index is 0.395. The molecule has 5 heteroatoms. The van der Waals surface area contributed by atoms with Crippen LogP contribution < -0.4 is 15.8 Å². The first-order valence-corrected chi connectivity index (χ1v) is 12.5. The van der Waals surface area contributed by atoms with Crippen molar-refractivity contribution >= 4 is 39.5 Å². The van der Waals surface area contributed by atoms with Crippen molar-refractivity contribution in [3.8, 4) is 5.75 Å². The second kappa shape index (κ2) is 14.2. The maximum atomic E-state index is 6.20. The minimum Gasteiger partial charge on any atom is -0.494 e. The Balaban J connectivity index is 2.11. The van der Waals surface area contributed by atoms with E-state index in [1.807, 2.05) is 18.2 Å². The molecule has 1 atom stereocenters. The van der Waals surface area contributed by atoms with E-state index >= 15 is 0 Å². The van der Waals surface area contributed by atoms with Gasteiger partial charge in [-0.05, 0) is 25.0 Å². The predicted molar refractivity (Wildman–Crippen MR) is 139 cm³/mol. The predicted octanol–water partition coefficient (Wildman–Crippen LogP) is 7.90. The summed E-state index contributed by atoms with van der Waals surface area (Å²) in [6.45, 7) is 4.52. The van der Waals surface area contributed by atoms with Crippen LogP contribution in [0, 0.1) is 5.92 Å². The van der Waals surface area contributed by atoms with Crippen molar-refractivity contribution in [2.45, 2.75) is 90.9 Å². The summed E-state index contributed by atoms with van der Waals surface area (Å²) in [6.07, 6.45) is 17.0. The number of methoxy groups -OCH3 is 1. The smallest absolute Gasteiger partial charge is 0.145 e. The fourth-order valence-electron chi connectivity index (χ4n) is 4.16. The molecule has 1 heterocycles. The first-order chi connectivity index (χ1) is 15.1. The van der Waals surface area contributed by atoms with Gasteiger partial charge in [-0.2, -0.15) is 0 Å². The van der Waals surface area contributed by atoms with Gasteiger partial charge in [0.2, 0.25) is 0 Å². The van der Waals surface area contributed by atoms with Crippen molar-refractivity contribution < 1.29 is 4.74 Å². The molecule has 3 N–H and O–H groups in total. The zero-order valence-electron chi connectivity index (χ0n) is 19.7. The second-order valence-corrected chi connectivity index (χ2v) is 8.97. The molecule has 1 unspecified atom stereocenters. The number of anilines is 2. The number of nitrogen functional groups attached to an aromatic ring is 1. The molecule has 31 heavy (non-hydrogen) atoms. The van der Waals surface area contributed by atoms with Crippen LogP contribution >= 0.6 is 12.2 Å². The maximum Gasteiger partial charge on any atom is 0.145 e. The van der Waals surface area contributed by atoms with Crippen molar-refractivity contribution in [2.24, 2.45) is 5.92 Å². The van der Waals surface area contributed by atoms with E-state index in [4.69, 9.17) is 22.7 Å². The molecular formula is C26H41N3OS. The number of hydrogen-bond acceptors (Lipinski definition) is 4. The fraction of sp³-hybridized carbons (Fsp3) is 0.615. The first kappa shape index (κ1) is 25.4. The molecule has 0 aliphatic rings. The van der Waals surface area contributed by atoms with Gasteiger partial charge in [-0.1, -0.05) is 90.3 Å². The van der Waals surface area contributed by atoms with Crippen molar-refractivity contribution in [3.05, 3.63) is 24.4 Å². The van der Waals surface area contributed by atoms with E-state index in [9.17, 15) is 0 Å². The molecule has 0 spiro atoms. The number of ether oxygens (including phenoxy) is 1. The topological polar surface area (TPSA) is 60.2 Å². The van der Waals surface area contributed by atoms with Gasteiger partial charge in [-0.25, -0.2) is 0 Å². The summed E-state index contributed by atoms with van der Waals surface area (Å²) in [7, 11) is 1.67. The summed E-state index contributed by atoms with van der Waals surface area (Å²) >= 11 is 5.94. The first-order valence-electron chi connectivity index (χ1n) is 12.1. The number of thiocarbonyl (C=S) groups is 1. The Labute approximate surface area is 194 Å². The Hall–Kier alpha value is -1.88. The van der Waals surface area contributed by atoms with Crippen molar-refractivity contribution in [3.63, 3.8) is 0 Å². The molecule has 0 bridgehead atoms. The molecule has 1 aromatic carbocycles. The number of aromatic nitrogens is 1. The number of pyridine rings is 1. The number of hydrogen-bond donors (Lipinski definition) is 2. The lowest BCUT2D eigenvalue weighted by Gasteiger charge is -2.22. The number of unbranched alkanes of at least 4 members (excludes halogenated alkanes) is 8. The molecule has 0 radical (unpaired) electrons. The van der Waals surface area contributed by atoms with Gasteiger partial charge in [0.1, 0.15) is 5.75 Å². The summed E-state index contributed by atoms with van der Waals surface area (Å²) in [5.41, 5.74) is 8.48. The van der Waals surface area contributed by atoms with Crippen LogP contribution in [0.3, 0.4) is 0 Å². The SMILES string of the molecule is CCCCCCCCC(CCCCCC)C(=S)Nc1c(OC)cc(N)c2ncccc12. The normalized spacial score (nSPS) is 12.1. The third-order valence-electron chi connectivity index (χ3n) is 6.03. The van der Waals surface area contributed by atoms with Gasteiger partial charge in [-0.15, -0.1) is 0 Å². The zero-order chi connectivity index (χ0) is 22.5. The van der Waals surface area contributed by atoms with Crippen molar-refractivity contribution in [1.29, 1.82) is 0 Å². The van der Waals surface area contributed by atoms with Gasteiger partial charge >= 0.3 is 0 Å². The van der Waals surface area contributed by atoms with Crippen LogP contribution in [0.15, 0.2) is 24.4 Å². The van der Waals surface area contributed by atoms with Crippen LogP contribution in [0.1, 0.15) is 90.9 Å². The Morgan fingerprint density at radius 3 is 2.29 bits per heavy atom. The van der Waals surface area contributed by atoms with Crippen LogP contribution in [-0.2, 0) is 0 Å². The molecular weight excluding hydrogens is 402 g/mol. The highest BCUT2D eigenvalue weighted by Gasteiger charge is 2.19. The van der Waals surface area contributed by atoms with Crippen LogP contribution in [0.25, 0.3) is 10.9 Å². The lowest BCUT2D eigenvalue weighted by Crippen LogP contribution is -2.22. The highest BCUT2D eigenvalue weighted by atomic mass is 32.1. The van der Waals surface area contributed by atoms with Gasteiger partial charge in [0.25, 0.3) is 0 Å². The zero-order valence-corrected chi connectivity index (χ0v) is 20.5. The number of benzene rings is 1. The van der Waals surface area contributed by atoms with Crippen LogP contribution in [0.4, 0.5) is 11.4 Å². The Morgan fingerprint density at radius 1 is 1.03 bits per heavy atom. The summed E-state index contributed by atoms with van der Waals surface area (Å²) in [4.78, 5) is 5.38. The van der Waals surface area contributed by atoms with E-state index in [2.05, 4.69) is 24.1 Å². The maximum absolute atomic E-state index is 6.20. The number of fused-ring (bicyclic) bond motifs is 1. The van der Waals surface area contributed by atoms with Gasteiger partial charge in [0.15, 0.2) is 0 Å². The molecule has 172 valence electrons. The highest BCUT2D eigenvalue weighted by molar-refractivity contribution is 7.80. The van der Waals surface area contributed by atoms with E-state index < -0.39 is 0 Å². The molecule has 0 fully saturated rings. The lowest BCUT2D eigenvalue weighted by molar-refractivity contribution is 0.417. The summed E-state index contributed by atoms with van der Waals surface area (Å²) < 4.78 is 5.63. The number of rotatable bonds is 15. The molecule has 2 aromatic rings. The molecule has 0 aliphatic carbocycles. The average Bonchev–Trinajstić information content (AvgIpc) is 2.79. The Bertz CT molecular complexity index is 809. The Kier molecular flexibility index (Phi) is 11.7. The standard InChI is InChI=1S/C26H41N3OS/c1-4-6-8-10-11-13-16-20(15-12-9-7-5-2)26(31)29-25-21-17-14-18-28-24(21)22(27)19-23(25)30-3/h14,17-20H,4-13,15-16,27H2,1-3H3,(H,29,31). The average molecular weight is 444 g/mol. The summed E-state index contributed by atoms with van der Waals surface area (Å²) in [6, 6.07) is 5.79. The van der Waals surface area contributed by atoms with Gasteiger partial charge < -0.3 is 15.8 Å². The van der Waals surface area contributed by atoms with Crippen LogP contribution in [-0.4, -0.2) is 17.1 Å². The third-order valence-corrected chi connectivity index (χ3v) is 6.47. The largest absolute Gasteiger partial charge is 0.494 e. The number of nitrogens with one attached hydrogen (secondary N) is 1. The fourth-order valence-corrected chi connectivity index (χ4v) is 4.50. The Morgan fingerprint density at radius 2 is 1.65 bits per heavy atom. The van der Waals surface area contributed by atoms with Crippen molar-refractivity contribution in [1.82, 2.24) is 4.98 Å². The van der Waals surface area contributed by atoms with Crippen molar-refractivity contribution in [2.75, 3.05) is 18.2 Å². The van der Waals surface area contributed by atoms with E-state index in [0.717, 1.165) is 34.4 Å².